The van der Waals surface area contributed by atoms with Gasteiger partial charge in [0.2, 0.25) is 0 Å². The molecule has 0 bridgehead atoms. The van der Waals surface area contributed by atoms with Gasteiger partial charge in [-0.3, -0.25) is 4.99 Å². The molecule has 1 saturated heterocycles. The van der Waals surface area contributed by atoms with Gasteiger partial charge in [-0.1, -0.05) is 0 Å². The second-order valence-corrected chi connectivity index (χ2v) is 5.34. The molecule has 0 spiro atoms. The average Bonchev–Trinajstić information content (AvgIpc) is 2.54. The molecule has 1 rings (SSSR count). The molecule has 0 unspecified atom stereocenters. The molecular weight excluding hydrogens is 409 g/mol. The molecule has 0 radical (unpaired) electrons. The highest BCUT2D eigenvalue weighted by Crippen LogP contribution is 2.13. The van der Waals surface area contributed by atoms with Crippen molar-refractivity contribution in [2.24, 2.45) is 4.99 Å². The molecule has 138 valence electrons. The summed E-state index contributed by atoms with van der Waals surface area (Å²) in [4.78, 5) is 7.04. The van der Waals surface area contributed by atoms with Crippen LogP contribution >= 0.6 is 24.0 Å². The number of halogens is 1. The number of ether oxygens (including phenoxy) is 3. The SMILES string of the molecule is CCNC(=NCCCOCCOC)N1CCC(OCC)CC1.I. The van der Waals surface area contributed by atoms with Gasteiger partial charge >= 0.3 is 0 Å². The summed E-state index contributed by atoms with van der Waals surface area (Å²) in [5.74, 6) is 1.02. The van der Waals surface area contributed by atoms with Crippen LogP contribution in [0, 0.1) is 0 Å². The highest BCUT2D eigenvalue weighted by Gasteiger charge is 2.21. The minimum absolute atomic E-state index is 0. The number of hydrogen-bond acceptors (Lipinski definition) is 4. The van der Waals surface area contributed by atoms with Gasteiger partial charge in [-0.25, -0.2) is 0 Å². The van der Waals surface area contributed by atoms with Crippen molar-refractivity contribution in [3.05, 3.63) is 0 Å². The third-order valence-electron chi connectivity index (χ3n) is 3.62. The van der Waals surface area contributed by atoms with Gasteiger partial charge in [0.15, 0.2) is 5.96 Å². The fraction of sp³-hybridized carbons (Fsp3) is 0.938. The van der Waals surface area contributed by atoms with Crippen LogP contribution in [-0.2, 0) is 14.2 Å². The number of piperidine rings is 1. The lowest BCUT2D eigenvalue weighted by Gasteiger charge is -2.34. The molecule has 7 heteroatoms. The summed E-state index contributed by atoms with van der Waals surface area (Å²) in [5.41, 5.74) is 0. The third-order valence-corrected chi connectivity index (χ3v) is 3.62. The first-order chi connectivity index (χ1) is 10.8. The summed E-state index contributed by atoms with van der Waals surface area (Å²) in [5, 5.41) is 3.38. The van der Waals surface area contributed by atoms with E-state index in [9.17, 15) is 0 Å². The average molecular weight is 443 g/mol. The maximum absolute atomic E-state index is 5.70. The predicted molar refractivity (Wildman–Crippen MR) is 105 cm³/mol. The Hall–Kier alpha value is -0.120. The molecule has 1 heterocycles. The van der Waals surface area contributed by atoms with E-state index < -0.39 is 0 Å². The molecule has 0 aliphatic carbocycles. The summed E-state index contributed by atoms with van der Waals surface area (Å²) in [6.07, 6.45) is 3.52. The van der Waals surface area contributed by atoms with E-state index >= 15 is 0 Å². The van der Waals surface area contributed by atoms with Gasteiger partial charge in [-0.05, 0) is 33.1 Å². The number of nitrogens with one attached hydrogen (secondary N) is 1. The summed E-state index contributed by atoms with van der Waals surface area (Å²) in [7, 11) is 1.69. The Morgan fingerprint density at radius 1 is 1.17 bits per heavy atom. The summed E-state index contributed by atoms with van der Waals surface area (Å²) >= 11 is 0. The van der Waals surface area contributed by atoms with Gasteiger partial charge in [-0.15, -0.1) is 24.0 Å². The Kier molecular flexibility index (Phi) is 15.3. The Bertz CT molecular complexity index is 298. The van der Waals surface area contributed by atoms with Crippen LogP contribution in [0.3, 0.4) is 0 Å². The largest absolute Gasteiger partial charge is 0.382 e. The minimum atomic E-state index is 0. The van der Waals surface area contributed by atoms with Crippen molar-refractivity contribution in [2.45, 2.75) is 39.2 Å². The van der Waals surface area contributed by atoms with Crippen LogP contribution in [0.15, 0.2) is 4.99 Å². The lowest BCUT2D eigenvalue weighted by molar-refractivity contribution is 0.0263. The quantitative estimate of drug-likeness (QED) is 0.243. The predicted octanol–water partition coefficient (Wildman–Crippen LogP) is 2.12. The van der Waals surface area contributed by atoms with Crippen LogP contribution in [0.4, 0.5) is 0 Å². The van der Waals surface area contributed by atoms with Gasteiger partial charge in [0.25, 0.3) is 0 Å². The lowest BCUT2D eigenvalue weighted by atomic mass is 10.1. The maximum Gasteiger partial charge on any atom is 0.193 e. The number of nitrogens with zero attached hydrogens (tertiary/aromatic N) is 2. The first-order valence-electron chi connectivity index (χ1n) is 8.53. The smallest absolute Gasteiger partial charge is 0.193 e. The Morgan fingerprint density at radius 3 is 2.52 bits per heavy atom. The van der Waals surface area contributed by atoms with E-state index in [0.717, 1.165) is 64.6 Å². The molecule has 0 aromatic rings. The molecule has 23 heavy (non-hydrogen) atoms. The third kappa shape index (κ3) is 10.4. The highest BCUT2D eigenvalue weighted by atomic mass is 127. The van der Waals surface area contributed by atoms with Crippen LogP contribution in [0.1, 0.15) is 33.1 Å². The van der Waals surface area contributed by atoms with Crippen molar-refractivity contribution in [3.8, 4) is 0 Å². The molecule has 0 saturated carbocycles. The molecular formula is C16H34IN3O3. The summed E-state index contributed by atoms with van der Waals surface area (Å²) in [6.45, 7) is 10.7. The summed E-state index contributed by atoms with van der Waals surface area (Å²) in [6, 6.07) is 0. The molecule has 0 amide bonds. The second-order valence-electron chi connectivity index (χ2n) is 5.34. The molecule has 1 fully saturated rings. The Labute approximate surface area is 158 Å². The van der Waals surface area contributed by atoms with Crippen molar-refractivity contribution in [1.82, 2.24) is 10.2 Å². The van der Waals surface area contributed by atoms with Gasteiger partial charge in [0.1, 0.15) is 0 Å². The van der Waals surface area contributed by atoms with Crippen LogP contribution in [0.25, 0.3) is 0 Å². The van der Waals surface area contributed by atoms with E-state index in [1.165, 1.54) is 0 Å². The molecule has 1 aliphatic rings. The number of guanidine groups is 1. The zero-order valence-corrected chi connectivity index (χ0v) is 17.2. The highest BCUT2D eigenvalue weighted by molar-refractivity contribution is 14.0. The van der Waals surface area contributed by atoms with Gasteiger partial charge < -0.3 is 24.4 Å². The van der Waals surface area contributed by atoms with Crippen LogP contribution in [0.2, 0.25) is 0 Å². The number of hydrogen-bond donors (Lipinski definition) is 1. The normalized spacial score (nSPS) is 16.3. The molecule has 0 aromatic carbocycles. The van der Waals surface area contributed by atoms with Crippen LogP contribution in [0.5, 0.6) is 0 Å². The standard InChI is InChI=1S/C16H33N3O3.HI/c1-4-17-16(18-9-6-12-21-14-13-20-3)19-10-7-15(8-11-19)22-5-2;/h15H,4-14H2,1-3H3,(H,17,18);1H. The van der Waals surface area contributed by atoms with E-state index in [4.69, 9.17) is 19.2 Å². The van der Waals surface area contributed by atoms with Crippen LogP contribution < -0.4 is 5.32 Å². The Morgan fingerprint density at radius 2 is 1.91 bits per heavy atom. The van der Waals surface area contributed by atoms with E-state index in [-0.39, 0.29) is 24.0 Å². The van der Waals surface area contributed by atoms with Gasteiger partial charge in [0.05, 0.1) is 19.3 Å². The van der Waals surface area contributed by atoms with Crippen molar-refractivity contribution in [1.29, 1.82) is 0 Å². The fourth-order valence-electron chi connectivity index (χ4n) is 2.49. The number of rotatable bonds is 10. The number of methoxy groups -OCH3 is 1. The molecule has 1 N–H and O–H groups in total. The molecule has 6 nitrogen and oxygen atoms in total. The number of aliphatic imine (C=N–C) groups is 1. The molecule has 0 aromatic heterocycles. The van der Waals surface area contributed by atoms with Crippen molar-refractivity contribution in [3.63, 3.8) is 0 Å². The first-order valence-corrected chi connectivity index (χ1v) is 8.53. The topological polar surface area (TPSA) is 55.3 Å². The maximum atomic E-state index is 5.70. The number of likely N-dealkylation sites (tertiary alicyclic amines) is 1. The van der Waals surface area contributed by atoms with E-state index in [2.05, 4.69) is 24.1 Å². The van der Waals surface area contributed by atoms with E-state index in [0.29, 0.717) is 19.3 Å². The summed E-state index contributed by atoms with van der Waals surface area (Å²) < 4.78 is 16.1. The second kappa shape index (κ2) is 15.4. The van der Waals surface area contributed by atoms with Crippen molar-refractivity contribution in [2.75, 3.05) is 59.7 Å². The first kappa shape index (κ1) is 22.9. The van der Waals surface area contributed by atoms with Crippen molar-refractivity contribution >= 4 is 29.9 Å². The van der Waals surface area contributed by atoms with Crippen LogP contribution in [-0.4, -0.2) is 76.7 Å². The van der Waals surface area contributed by atoms with E-state index in [1.807, 2.05) is 0 Å². The van der Waals surface area contributed by atoms with Gasteiger partial charge in [-0.2, -0.15) is 0 Å². The van der Waals surface area contributed by atoms with E-state index in [1.54, 1.807) is 7.11 Å². The zero-order valence-electron chi connectivity index (χ0n) is 14.9. The lowest BCUT2D eigenvalue weighted by Crippen LogP contribution is -2.47. The van der Waals surface area contributed by atoms with Crippen molar-refractivity contribution < 1.29 is 14.2 Å². The molecule has 0 atom stereocenters. The van der Waals surface area contributed by atoms with Gasteiger partial charge in [0, 0.05) is 46.5 Å². The zero-order chi connectivity index (χ0) is 16.0. The monoisotopic (exact) mass is 443 g/mol. The minimum Gasteiger partial charge on any atom is -0.382 e. The fourth-order valence-corrected chi connectivity index (χ4v) is 2.49. The molecule has 1 aliphatic heterocycles. The Balaban J connectivity index is 0.00000484.